The van der Waals surface area contributed by atoms with E-state index in [9.17, 15) is 8.94 Å². The number of nitrogens with zero attached hydrogens (tertiary/aromatic N) is 1. The van der Waals surface area contributed by atoms with Crippen molar-refractivity contribution in [3.8, 4) is 17.2 Å². The maximum Gasteiger partial charge on any atom is 0.167 e. The molecule has 0 saturated carbocycles. The molecule has 1 N–H and O–H groups in total. The Bertz CT molecular complexity index is 1220. The molecule has 0 spiro atoms. The maximum atomic E-state index is 14.7. The highest BCUT2D eigenvalue weighted by Crippen LogP contribution is 2.33. The van der Waals surface area contributed by atoms with Crippen molar-refractivity contribution in [3.05, 3.63) is 89.9 Å². The van der Waals surface area contributed by atoms with E-state index in [1.807, 2.05) is 37.3 Å². The second-order valence-electron chi connectivity index (χ2n) is 6.96. The van der Waals surface area contributed by atoms with Gasteiger partial charge in [0.25, 0.3) is 0 Å². The first-order valence-electron chi connectivity index (χ1n) is 9.63. The van der Waals surface area contributed by atoms with E-state index in [2.05, 4.69) is 9.71 Å². The monoisotopic (exact) mass is 436 g/mol. The Hall–Kier alpha value is -3.29. The summed E-state index contributed by atoms with van der Waals surface area (Å²) < 4.78 is 41.1. The Balaban J connectivity index is 1.50. The summed E-state index contributed by atoms with van der Waals surface area (Å²) in [5, 5.41) is 0.711. The molecule has 158 valence electrons. The molecule has 1 heterocycles. The zero-order valence-electron chi connectivity index (χ0n) is 17.1. The Kier molecular flexibility index (Phi) is 6.25. The molecule has 0 aliphatic rings. The molecule has 0 amide bonds. The smallest absolute Gasteiger partial charge is 0.167 e. The zero-order chi connectivity index (χ0) is 21.8. The highest BCUT2D eigenvalue weighted by molar-refractivity contribution is 7.91. The van der Waals surface area contributed by atoms with E-state index in [0.717, 1.165) is 11.1 Å². The highest BCUT2D eigenvalue weighted by atomic mass is 32.2. The molecule has 5 nitrogen and oxygen atoms in total. The number of methoxy groups -OCH3 is 1. The summed E-state index contributed by atoms with van der Waals surface area (Å²) in [6, 6.07) is 19.2. The molecule has 0 aliphatic heterocycles. The van der Waals surface area contributed by atoms with Gasteiger partial charge in [0, 0.05) is 23.2 Å². The van der Waals surface area contributed by atoms with Gasteiger partial charge in [-0.05, 0) is 48.9 Å². The molecule has 1 atom stereocenters. The van der Waals surface area contributed by atoms with Crippen LogP contribution in [0.2, 0.25) is 0 Å². The number of rotatable bonds is 7. The molecule has 1 unspecified atom stereocenters. The lowest BCUT2D eigenvalue weighted by molar-refractivity contribution is 0.415. The number of pyridine rings is 1. The van der Waals surface area contributed by atoms with E-state index in [1.54, 1.807) is 37.6 Å². The highest BCUT2D eigenvalue weighted by Gasteiger charge is 2.14. The van der Waals surface area contributed by atoms with Crippen LogP contribution in [0.5, 0.6) is 17.2 Å². The largest absolute Gasteiger partial charge is 0.593 e. The van der Waals surface area contributed by atoms with Gasteiger partial charge in [-0.2, -0.15) is 0 Å². The summed E-state index contributed by atoms with van der Waals surface area (Å²) in [7, 11) is 1.58. The summed E-state index contributed by atoms with van der Waals surface area (Å²) in [4.78, 5) is 4.30. The number of hydrogen-bond donors (Lipinski definition) is 1. The van der Waals surface area contributed by atoms with Crippen molar-refractivity contribution in [3.63, 3.8) is 0 Å². The Labute approximate surface area is 183 Å². The quantitative estimate of drug-likeness (QED) is 0.373. The zero-order valence-corrected chi connectivity index (χ0v) is 17.9. The van der Waals surface area contributed by atoms with Crippen LogP contribution in [0.15, 0.2) is 72.9 Å². The van der Waals surface area contributed by atoms with Crippen LogP contribution in [-0.4, -0.2) is 16.6 Å². The van der Waals surface area contributed by atoms with Gasteiger partial charge in [-0.3, -0.25) is 4.98 Å². The van der Waals surface area contributed by atoms with E-state index < -0.39 is 17.2 Å². The topological polar surface area (TPSA) is 66.4 Å². The molecule has 1 aromatic heterocycles. The van der Waals surface area contributed by atoms with Crippen molar-refractivity contribution < 1.29 is 18.4 Å². The predicted octanol–water partition coefficient (Wildman–Crippen LogP) is 5.76. The minimum atomic E-state index is -1.39. The fourth-order valence-corrected chi connectivity index (χ4v) is 4.23. The van der Waals surface area contributed by atoms with Gasteiger partial charge < -0.3 is 14.0 Å². The average molecular weight is 437 g/mol. The minimum absolute atomic E-state index is 0.0607. The molecular weight excluding hydrogens is 415 g/mol. The van der Waals surface area contributed by atoms with Crippen molar-refractivity contribution in [2.24, 2.45) is 0 Å². The van der Waals surface area contributed by atoms with Crippen LogP contribution < -0.4 is 14.2 Å². The van der Waals surface area contributed by atoms with Gasteiger partial charge in [-0.25, -0.2) is 9.11 Å². The average Bonchev–Trinajstić information content (AvgIpc) is 2.77. The lowest BCUT2D eigenvalue weighted by Gasteiger charge is -2.14. The van der Waals surface area contributed by atoms with E-state index >= 15 is 0 Å². The number of aryl methyl sites for hydroxylation is 1. The van der Waals surface area contributed by atoms with Crippen molar-refractivity contribution in [1.29, 1.82) is 0 Å². The van der Waals surface area contributed by atoms with E-state index in [-0.39, 0.29) is 5.75 Å². The second kappa shape index (κ2) is 9.24. The molecule has 0 aliphatic carbocycles. The number of fused-ring (bicyclic) bond motifs is 1. The van der Waals surface area contributed by atoms with Gasteiger partial charge in [-0.15, -0.1) is 0 Å². The standard InChI is InChI=1S/C24H21FN2O3S/c1-16-5-3-4-6-17(16)15-31(28)27-18-7-10-24(21(25)13-18)30-23-11-12-26-22-9-8-19(29-2)14-20(22)23/h3-14,27H,15H2,1-2H3. The summed E-state index contributed by atoms with van der Waals surface area (Å²) in [6.45, 7) is 1.97. The molecule has 0 saturated heterocycles. The van der Waals surface area contributed by atoms with Crippen LogP contribution in [0, 0.1) is 12.7 Å². The third-order valence-corrected chi connectivity index (χ3v) is 5.88. The van der Waals surface area contributed by atoms with Crippen LogP contribution in [-0.2, 0) is 17.1 Å². The molecule has 31 heavy (non-hydrogen) atoms. The normalized spacial score (nSPS) is 11.9. The maximum absolute atomic E-state index is 14.7. The van der Waals surface area contributed by atoms with Gasteiger partial charge in [0.1, 0.15) is 11.5 Å². The number of nitrogens with one attached hydrogen (secondary N) is 1. The molecular formula is C24H21FN2O3S. The van der Waals surface area contributed by atoms with Crippen molar-refractivity contribution in [2.75, 3.05) is 11.8 Å². The van der Waals surface area contributed by atoms with Crippen LogP contribution in [0.3, 0.4) is 0 Å². The first-order chi connectivity index (χ1) is 15.0. The van der Waals surface area contributed by atoms with Crippen LogP contribution in [0.4, 0.5) is 10.1 Å². The molecule has 4 rings (SSSR count). The van der Waals surface area contributed by atoms with E-state index in [1.165, 1.54) is 12.1 Å². The van der Waals surface area contributed by atoms with Gasteiger partial charge in [-0.1, -0.05) is 24.3 Å². The lowest BCUT2D eigenvalue weighted by atomic mass is 10.1. The Morgan fingerprint density at radius 1 is 1.03 bits per heavy atom. The van der Waals surface area contributed by atoms with Gasteiger partial charge >= 0.3 is 0 Å². The first-order valence-corrected chi connectivity index (χ1v) is 10.9. The van der Waals surface area contributed by atoms with E-state index in [4.69, 9.17) is 9.47 Å². The van der Waals surface area contributed by atoms with Crippen LogP contribution in [0.25, 0.3) is 10.9 Å². The number of hydrogen-bond acceptors (Lipinski definition) is 5. The number of benzene rings is 3. The van der Waals surface area contributed by atoms with Crippen molar-refractivity contribution in [2.45, 2.75) is 12.7 Å². The minimum Gasteiger partial charge on any atom is -0.593 e. The third-order valence-electron chi connectivity index (χ3n) is 4.84. The number of anilines is 1. The van der Waals surface area contributed by atoms with E-state index in [0.29, 0.717) is 33.8 Å². The summed E-state index contributed by atoms with van der Waals surface area (Å²) in [5.41, 5.74) is 3.17. The van der Waals surface area contributed by atoms with Crippen molar-refractivity contribution in [1.82, 2.24) is 4.98 Å². The number of aromatic nitrogens is 1. The van der Waals surface area contributed by atoms with Gasteiger partial charge in [0.2, 0.25) is 0 Å². The molecule has 7 heteroatoms. The third kappa shape index (κ3) is 4.90. The van der Waals surface area contributed by atoms with Gasteiger partial charge in [0.15, 0.2) is 17.3 Å². The number of halogens is 1. The summed E-state index contributed by atoms with van der Waals surface area (Å²) in [6.07, 6.45) is 1.60. The molecule has 3 aromatic carbocycles. The second-order valence-corrected chi connectivity index (χ2v) is 8.14. The molecule has 0 fully saturated rings. The number of ether oxygens (including phenoxy) is 2. The lowest BCUT2D eigenvalue weighted by Crippen LogP contribution is -2.15. The Morgan fingerprint density at radius 2 is 1.87 bits per heavy atom. The molecule has 4 aromatic rings. The van der Waals surface area contributed by atoms with Gasteiger partial charge in [0.05, 0.1) is 29.7 Å². The predicted molar refractivity (Wildman–Crippen MR) is 121 cm³/mol. The van der Waals surface area contributed by atoms with Crippen LogP contribution in [0.1, 0.15) is 11.1 Å². The Morgan fingerprint density at radius 3 is 2.65 bits per heavy atom. The molecule has 0 bridgehead atoms. The summed E-state index contributed by atoms with van der Waals surface area (Å²) in [5.74, 6) is 0.946. The first kappa shape index (κ1) is 21.0. The fourth-order valence-electron chi connectivity index (χ4n) is 3.16. The van der Waals surface area contributed by atoms with Crippen LogP contribution >= 0.6 is 0 Å². The van der Waals surface area contributed by atoms with Crippen molar-refractivity contribution >= 4 is 28.0 Å². The SMILES string of the molecule is COc1ccc2nccc(Oc3ccc(N[S+]([O-])Cc4ccccc4C)cc3F)c2c1. The fraction of sp³-hybridized carbons (Fsp3) is 0.125. The molecule has 0 radical (unpaired) electrons. The summed E-state index contributed by atoms with van der Waals surface area (Å²) >= 11 is -1.39.